The summed E-state index contributed by atoms with van der Waals surface area (Å²) in [6.45, 7) is 0. The fourth-order valence-electron chi connectivity index (χ4n) is 1.68. The van der Waals surface area contributed by atoms with Gasteiger partial charge >= 0.3 is 6.18 Å². The minimum Gasteiger partial charge on any atom is -0.207 e. The molecule has 0 aliphatic heterocycles. The third-order valence-electron chi connectivity index (χ3n) is 2.50. The molecule has 0 N–H and O–H groups in total. The van der Waals surface area contributed by atoms with E-state index in [9.17, 15) is 17.6 Å². The van der Waals surface area contributed by atoms with Crippen molar-refractivity contribution in [1.82, 2.24) is 0 Å². The van der Waals surface area contributed by atoms with Gasteiger partial charge in [-0.05, 0) is 23.3 Å². The van der Waals surface area contributed by atoms with Crippen LogP contribution in [0.5, 0.6) is 0 Å². The molecule has 0 amide bonds. The lowest BCUT2D eigenvalue weighted by atomic mass is 9.89. The number of alkyl halides is 3. The zero-order chi connectivity index (χ0) is 13.3. The quantitative estimate of drug-likeness (QED) is 0.538. The number of hydrogen-bond acceptors (Lipinski definition) is 0. The minimum atomic E-state index is -4.50. The Bertz CT molecular complexity index is 558. The zero-order valence-electron chi connectivity index (χ0n) is 9.13. The van der Waals surface area contributed by atoms with Crippen molar-refractivity contribution < 1.29 is 17.6 Å². The second-order valence-electron chi connectivity index (χ2n) is 3.81. The van der Waals surface area contributed by atoms with Gasteiger partial charge in [0.15, 0.2) is 0 Å². The van der Waals surface area contributed by atoms with Crippen LogP contribution in [-0.4, -0.2) is 7.85 Å². The molecule has 0 saturated carbocycles. The molecule has 2 aromatic carbocycles. The van der Waals surface area contributed by atoms with Crippen LogP contribution >= 0.6 is 0 Å². The van der Waals surface area contributed by atoms with E-state index >= 15 is 0 Å². The first-order valence-electron chi connectivity index (χ1n) is 5.10. The molecule has 0 unspecified atom stereocenters. The standard InChI is InChI=1S/C13H7BF4/c14-9-3-6-11(12(7-9)13(16,17)18)8-1-4-10(15)5-2-8/h1-7H. The Morgan fingerprint density at radius 1 is 0.889 bits per heavy atom. The summed E-state index contributed by atoms with van der Waals surface area (Å²) >= 11 is 0. The van der Waals surface area contributed by atoms with Gasteiger partial charge in [0.25, 0.3) is 0 Å². The molecule has 0 nitrogen and oxygen atoms in total. The average Bonchev–Trinajstić information content (AvgIpc) is 2.29. The highest BCUT2D eigenvalue weighted by Gasteiger charge is 2.33. The van der Waals surface area contributed by atoms with Gasteiger partial charge in [0.05, 0.1) is 5.56 Å². The van der Waals surface area contributed by atoms with Crippen molar-refractivity contribution in [3.05, 3.63) is 53.8 Å². The van der Waals surface area contributed by atoms with Gasteiger partial charge < -0.3 is 0 Å². The maximum Gasteiger partial charge on any atom is 0.416 e. The molecule has 0 aromatic heterocycles. The molecular weight excluding hydrogens is 243 g/mol. The third-order valence-corrected chi connectivity index (χ3v) is 2.50. The molecule has 0 heterocycles. The van der Waals surface area contributed by atoms with E-state index in [0.29, 0.717) is 5.56 Å². The molecule has 0 spiro atoms. The molecule has 0 atom stereocenters. The van der Waals surface area contributed by atoms with Crippen molar-refractivity contribution in [2.24, 2.45) is 0 Å². The molecule has 90 valence electrons. The smallest absolute Gasteiger partial charge is 0.207 e. The largest absolute Gasteiger partial charge is 0.416 e. The maximum absolute atomic E-state index is 12.9. The number of rotatable bonds is 1. The molecule has 0 fully saturated rings. The van der Waals surface area contributed by atoms with E-state index in [1.54, 1.807) is 0 Å². The first kappa shape index (κ1) is 12.7. The molecule has 0 saturated heterocycles. The summed E-state index contributed by atoms with van der Waals surface area (Å²) in [5, 5.41) is 0. The van der Waals surface area contributed by atoms with E-state index in [0.717, 1.165) is 18.2 Å². The first-order chi connectivity index (χ1) is 8.38. The molecule has 2 radical (unpaired) electrons. The van der Waals surface area contributed by atoms with Crippen LogP contribution in [0.2, 0.25) is 0 Å². The summed E-state index contributed by atoms with van der Waals surface area (Å²) in [5.41, 5.74) is -0.511. The summed E-state index contributed by atoms with van der Waals surface area (Å²) in [5.74, 6) is -0.497. The number of hydrogen-bond donors (Lipinski definition) is 0. The first-order valence-corrected chi connectivity index (χ1v) is 5.10. The van der Waals surface area contributed by atoms with E-state index < -0.39 is 17.6 Å². The Morgan fingerprint density at radius 2 is 1.50 bits per heavy atom. The van der Waals surface area contributed by atoms with Gasteiger partial charge in [-0.25, -0.2) is 4.39 Å². The van der Waals surface area contributed by atoms with Crippen molar-refractivity contribution in [3.8, 4) is 11.1 Å². The van der Waals surface area contributed by atoms with Gasteiger partial charge in [0, 0.05) is 0 Å². The van der Waals surface area contributed by atoms with Crippen LogP contribution in [0.4, 0.5) is 17.6 Å². The van der Waals surface area contributed by atoms with E-state index in [1.165, 1.54) is 24.3 Å². The molecule has 18 heavy (non-hydrogen) atoms. The Labute approximate surface area is 103 Å². The van der Waals surface area contributed by atoms with Crippen LogP contribution in [0.15, 0.2) is 42.5 Å². The fraction of sp³-hybridized carbons (Fsp3) is 0.0769. The van der Waals surface area contributed by atoms with Crippen molar-refractivity contribution in [2.45, 2.75) is 6.18 Å². The molecule has 0 bridgehead atoms. The predicted octanol–water partition coefficient (Wildman–Crippen LogP) is 3.31. The van der Waals surface area contributed by atoms with Gasteiger partial charge in [-0.15, -0.1) is 0 Å². The van der Waals surface area contributed by atoms with Crippen LogP contribution in [0.1, 0.15) is 5.56 Å². The molecular formula is C13H7BF4. The van der Waals surface area contributed by atoms with Crippen molar-refractivity contribution >= 4 is 13.3 Å². The second-order valence-corrected chi connectivity index (χ2v) is 3.81. The molecule has 0 aliphatic rings. The zero-order valence-corrected chi connectivity index (χ0v) is 9.13. The fourth-order valence-corrected chi connectivity index (χ4v) is 1.68. The average molecular weight is 250 g/mol. The molecule has 0 aliphatic carbocycles. The van der Waals surface area contributed by atoms with Gasteiger partial charge in [-0.3, -0.25) is 0 Å². The normalized spacial score (nSPS) is 11.6. The van der Waals surface area contributed by atoms with Crippen molar-refractivity contribution in [1.29, 1.82) is 0 Å². The van der Waals surface area contributed by atoms with E-state index in [2.05, 4.69) is 0 Å². The van der Waals surface area contributed by atoms with Crippen LogP contribution in [0.25, 0.3) is 11.1 Å². The van der Waals surface area contributed by atoms with E-state index in [-0.39, 0.29) is 11.0 Å². The highest BCUT2D eigenvalue weighted by atomic mass is 19.4. The van der Waals surface area contributed by atoms with Crippen molar-refractivity contribution in [2.75, 3.05) is 0 Å². The highest BCUT2D eigenvalue weighted by molar-refractivity contribution is 6.32. The van der Waals surface area contributed by atoms with Crippen LogP contribution < -0.4 is 5.46 Å². The Balaban J connectivity index is 2.60. The van der Waals surface area contributed by atoms with Gasteiger partial charge in [-0.2, -0.15) is 13.2 Å². The lowest BCUT2D eigenvalue weighted by Gasteiger charge is -2.14. The summed E-state index contributed by atoms with van der Waals surface area (Å²) in [6, 6.07) is 8.38. The van der Waals surface area contributed by atoms with Gasteiger partial charge in [0.2, 0.25) is 0 Å². The predicted molar refractivity (Wildman–Crippen MR) is 62.2 cm³/mol. The van der Waals surface area contributed by atoms with Gasteiger partial charge in [-0.1, -0.05) is 35.8 Å². The van der Waals surface area contributed by atoms with Gasteiger partial charge in [0.1, 0.15) is 13.7 Å². The monoisotopic (exact) mass is 250 g/mol. The summed E-state index contributed by atoms with van der Waals surface area (Å²) in [7, 11) is 5.37. The highest BCUT2D eigenvalue weighted by Crippen LogP contribution is 2.36. The summed E-state index contributed by atoms with van der Waals surface area (Å²) < 4.78 is 51.3. The lowest BCUT2D eigenvalue weighted by Crippen LogP contribution is -2.13. The SMILES string of the molecule is [B]c1ccc(-c2ccc(F)cc2)c(C(F)(F)F)c1. The minimum absolute atomic E-state index is 0.0169. The second kappa shape index (κ2) is 4.48. The van der Waals surface area contributed by atoms with Crippen LogP contribution in [0.3, 0.4) is 0 Å². The van der Waals surface area contributed by atoms with E-state index in [1.807, 2.05) is 0 Å². The third kappa shape index (κ3) is 2.55. The van der Waals surface area contributed by atoms with E-state index in [4.69, 9.17) is 7.85 Å². The van der Waals surface area contributed by atoms with Crippen molar-refractivity contribution in [3.63, 3.8) is 0 Å². The molecule has 5 heteroatoms. The topological polar surface area (TPSA) is 0 Å². The van der Waals surface area contributed by atoms with Crippen LogP contribution in [-0.2, 0) is 6.18 Å². The Hall–Kier alpha value is -1.78. The molecule has 2 rings (SSSR count). The maximum atomic E-state index is 12.9. The Morgan fingerprint density at radius 3 is 2.06 bits per heavy atom. The summed E-state index contributed by atoms with van der Waals surface area (Å²) in [4.78, 5) is 0. The number of halogens is 4. The number of benzene rings is 2. The molecule has 2 aromatic rings. The van der Waals surface area contributed by atoms with Crippen LogP contribution in [0, 0.1) is 5.82 Å². The lowest BCUT2D eigenvalue weighted by molar-refractivity contribution is -0.137. The summed E-state index contributed by atoms with van der Waals surface area (Å²) in [6.07, 6.45) is -4.50. The Kier molecular flexibility index (Phi) is 3.15.